The van der Waals surface area contributed by atoms with Crippen molar-refractivity contribution in [3.8, 4) is 17.3 Å². The lowest BCUT2D eigenvalue weighted by atomic mass is 10.1. The standard InChI is InChI=1S/C22H20N4O2S/c1-13-4-8-16(9-5-13)19-18(12-23)21(28)26-22(25-19)29-15(3)20(27)24-17-10-6-14(2)7-11-17/h4-11,15H,1-3H3,(H,24,27)(H,25,26,28). The van der Waals surface area contributed by atoms with Gasteiger partial charge in [-0.25, -0.2) is 4.98 Å². The Hall–Kier alpha value is -3.37. The molecular formula is C22H20N4O2S. The van der Waals surface area contributed by atoms with Crippen LogP contribution in [0.3, 0.4) is 0 Å². The summed E-state index contributed by atoms with van der Waals surface area (Å²) in [5, 5.41) is 12.0. The molecule has 7 heteroatoms. The topological polar surface area (TPSA) is 98.6 Å². The Kier molecular flexibility index (Phi) is 6.15. The number of H-pyrrole nitrogens is 1. The minimum atomic E-state index is -0.522. The molecule has 1 unspecified atom stereocenters. The number of rotatable bonds is 5. The van der Waals surface area contributed by atoms with Gasteiger partial charge in [-0.1, -0.05) is 59.3 Å². The maximum Gasteiger partial charge on any atom is 0.270 e. The average Bonchev–Trinajstić information content (AvgIpc) is 2.70. The molecule has 2 N–H and O–H groups in total. The number of hydrogen-bond acceptors (Lipinski definition) is 5. The monoisotopic (exact) mass is 404 g/mol. The third-order valence-corrected chi connectivity index (χ3v) is 5.30. The lowest BCUT2D eigenvalue weighted by Crippen LogP contribution is -2.23. The van der Waals surface area contributed by atoms with E-state index in [2.05, 4.69) is 15.3 Å². The average molecular weight is 404 g/mol. The molecule has 6 nitrogen and oxygen atoms in total. The highest BCUT2D eigenvalue weighted by Gasteiger charge is 2.19. The van der Waals surface area contributed by atoms with Crippen molar-refractivity contribution in [1.29, 1.82) is 5.26 Å². The van der Waals surface area contributed by atoms with Crippen LogP contribution in [0.5, 0.6) is 0 Å². The molecule has 0 saturated heterocycles. The van der Waals surface area contributed by atoms with Crippen LogP contribution in [0, 0.1) is 25.2 Å². The van der Waals surface area contributed by atoms with Gasteiger partial charge < -0.3 is 10.3 Å². The molecule has 0 aliphatic rings. The number of carbonyl (C=O) groups is 1. The number of carbonyl (C=O) groups excluding carboxylic acids is 1. The van der Waals surface area contributed by atoms with Crippen LogP contribution < -0.4 is 10.9 Å². The SMILES string of the molecule is Cc1ccc(NC(=O)C(C)Sc2nc(-c3ccc(C)cc3)c(C#N)c(=O)[nH]2)cc1. The first kappa shape index (κ1) is 20.4. The molecule has 2 aromatic carbocycles. The second-order valence-corrected chi connectivity index (χ2v) is 8.02. The molecule has 146 valence electrons. The maximum atomic E-state index is 12.5. The summed E-state index contributed by atoms with van der Waals surface area (Å²) in [5.41, 5.74) is 3.29. The van der Waals surface area contributed by atoms with E-state index < -0.39 is 10.8 Å². The molecule has 0 radical (unpaired) electrons. The third-order valence-electron chi connectivity index (χ3n) is 4.31. The minimum absolute atomic E-state index is 0.0463. The summed E-state index contributed by atoms with van der Waals surface area (Å²) >= 11 is 1.13. The lowest BCUT2D eigenvalue weighted by Gasteiger charge is -2.12. The van der Waals surface area contributed by atoms with Crippen molar-refractivity contribution in [3.05, 3.63) is 75.6 Å². The number of hydrogen-bond donors (Lipinski definition) is 2. The fourth-order valence-electron chi connectivity index (χ4n) is 2.63. The van der Waals surface area contributed by atoms with Crippen molar-refractivity contribution >= 4 is 23.4 Å². The van der Waals surface area contributed by atoms with E-state index >= 15 is 0 Å². The first-order chi connectivity index (χ1) is 13.9. The Labute approximate surface area is 173 Å². The second-order valence-electron chi connectivity index (χ2n) is 6.69. The molecule has 1 atom stereocenters. The van der Waals surface area contributed by atoms with Crippen molar-refractivity contribution < 1.29 is 4.79 Å². The number of amides is 1. The van der Waals surface area contributed by atoms with E-state index in [1.807, 2.05) is 68.4 Å². The lowest BCUT2D eigenvalue weighted by molar-refractivity contribution is -0.115. The van der Waals surface area contributed by atoms with Gasteiger partial charge in [-0.2, -0.15) is 5.26 Å². The predicted octanol–water partition coefficient (Wildman–Crippen LogP) is 4.04. The molecule has 1 heterocycles. The van der Waals surface area contributed by atoms with E-state index in [4.69, 9.17) is 0 Å². The summed E-state index contributed by atoms with van der Waals surface area (Å²) in [6.07, 6.45) is 0. The molecule has 3 aromatic rings. The summed E-state index contributed by atoms with van der Waals surface area (Å²) in [4.78, 5) is 31.9. The number of aromatic nitrogens is 2. The first-order valence-corrected chi connectivity index (χ1v) is 9.91. The Morgan fingerprint density at radius 3 is 2.28 bits per heavy atom. The summed E-state index contributed by atoms with van der Waals surface area (Å²) in [5.74, 6) is -0.206. The van der Waals surface area contributed by atoms with E-state index in [0.717, 1.165) is 22.9 Å². The van der Waals surface area contributed by atoms with Gasteiger partial charge in [-0.3, -0.25) is 9.59 Å². The van der Waals surface area contributed by atoms with Crippen LogP contribution in [0.1, 0.15) is 23.6 Å². The van der Waals surface area contributed by atoms with E-state index in [9.17, 15) is 14.9 Å². The van der Waals surface area contributed by atoms with Crippen LogP contribution in [-0.2, 0) is 4.79 Å². The Bertz CT molecular complexity index is 1130. The van der Waals surface area contributed by atoms with Crippen LogP contribution in [0.15, 0.2) is 58.5 Å². The Balaban J connectivity index is 1.84. The van der Waals surface area contributed by atoms with Gasteiger partial charge in [0.1, 0.15) is 11.6 Å². The number of benzene rings is 2. The van der Waals surface area contributed by atoms with Crippen molar-refractivity contribution in [2.24, 2.45) is 0 Å². The molecule has 0 saturated carbocycles. The van der Waals surface area contributed by atoms with Crippen LogP contribution in [0.2, 0.25) is 0 Å². The summed E-state index contributed by atoms with van der Waals surface area (Å²) in [7, 11) is 0. The van der Waals surface area contributed by atoms with Crippen LogP contribution in [0.4, 0.5) is 5.69 Å². The quantitative estimate of drug-likeness (QED) is 0.494. The number of nitrogens with one attached hydrogen (secondary N) is 2. The van der Waals surface area contributed by atoms with E-state index in [0.29, 0.717) is 16.9 Å². The van der Waals surface area contributed by atoms with Crippen LogP contribution in [0.25, 0.3) is 11.3 Å². The van der Waals surface area contributed by atoms with Crippen molar-refractivity contribution in [2.75, 3.05) is 5.32 Å². The Morgan fingerprint density at radius 2 is 1.69 bits per heavy atom. The van der Waals surface area contributed by atoms with Crippen LogP contribution >= 0.6 is 11.8 Å². The highest BCUT2D eigenvalue weighted by atomic mass is 32.2. The number of nitriles is 1. The van der Waals surface area contributed by atoms with Gasteiger partial charge in [0.05, 0.1) is 10.9 Å². The van der Waals surface area contributed by atoms with Crippen molar-refractivity contribution in [1.82, 2.24) is 9.97 Å². The second kappa shape index (κ2) is 8.76. The van der Waals surface area contributed by atoms with Crippen LogP contribution in [-0.4, -0.2) is 21.1 Å². The highest BCUT2D eigenvalue weighted by molar-refractivity contribution is 8.00. The number of thioether (sulfide) groups is 1. The molecule has 29 heavy (non-hydrogen) atoms. The zero-order valence-corrected chi connectivity index (χ0v) is 17.1. The summed E-state index contributed by atoms with van der Waals surface area (Å²) in [6, 6.07) is 16.9. The first-order valence-electron chi connectivity index (χ1n) is 9.03. The van der Waals surface area contributed by atoms with E-state index in [-0.39, 0.29) is 16.6 Å². The van der Waals surface area contributed by atoms with Crippen molar-refractivity contribution in [3.63, 3.8) is 0 Å². The molecular weight excluding hydrogens is 384 g/mol. The smallest absolute Gasteiger partial charge is 0.270 e. The summed E-state index contributed by atoms with van der Waals surface area (Å²) < 4.78 is 0. The molecule has 3 rings (SSSR count). The predicted molar refractivity (Wildman–Crippen MR) is 115 cm³/mol. The van der Waals surface area contributed by atoms with Crippen molar-refractivity contribution in [2.45, 2.75) is 31.2 Å². The third kappa shape index (κ3) is 4.92. The molecule has 0 bridgehead atoms. The number of aryl methyl sites for hydroxylation is 2. The van der Waals surface area contributed by atoms with Gasteiger partial charge >= 0.3 is 0 Å². The number of aromatic amines is 1. The molecule has 0 spiro atoms. The van der Waals surface area contributed by atoms with Gasteiger partial charge in [-0.15, -0.1) is 0 Å². The van der Waals surface area contributed by atoms with Gasteiger partial charge in [0.15, 0.2) is 5.16 Å². The Morgan fingerprint density at radius 1 is 1.10 bits per heavy atom. The minimum Gasteiger partial charge on any atom is -0.325 e. The molecule has 0 aliphatic heterocycles. The molecule has 1 amide bonds. The van der Waals surface area contributed by atoms with Gasteiger partial charge in [0.25, 0.3) is 5.56 Å². The number of nitrogens with zero attached hydrogens (tertiary/aromatic N) is 2. The normalized spacial score (nSPS) is 11.5. The summed E-state index contributed by atoms with van der Waals surface area (Å²) in [6.45, 7) is 5.66. The fourth-order valence-corrected chi connectivity index (χ4v) is 3.43. The van der Waals surface area contributed by atoms with Gasteiger partial charge in [-0.05, 0) is 32.9 Å². The zero-order valence-electron chi connectivity index (χ0n) is 16.3. The van der Waals surface area contributed by atoms with E-state index in [1.165, 1.54) is 0 Å². The fraction of sp³-hybridized carbons (Fsp3) is 0.182. The zero-order chi connectivity index (χ0) is 21.0. The molecule has 0 fully saturated rings. The maximum absolute atomic E-state index is 12.5. The largest absolute Gasteiger partial charge is 0.325 e. The highest BCUT2D eigenvalue weighted by Crippen LogP contribution is 2.25. The van der Waals surface area contributed by atoms with Gasteiger partial charge in [0, 0.05) is 11.3 Å². The van der Waals surface area contributed by atoms with Gasteiger partial charge in [0.2, 0.25) is 5.91 Å². The number of anilines is 1. The molecule has 1 aromatic heterocycles. The molecule has 0 aliphatic carbocycles. The van der Waals surface area contributed by atoms with E-state index in [1.54, 1.807) is 6.92 Å².